The number of benzene rings is 1. The molecule has 0 unspecified atom stereocenters. The summed E-state index contributed by atoms with van der Waals surface area (Å²) in [5.41, 5.74) is 0. The highest BCUT2D eigenvalue weighted by atomic mass is 80.0. The molecule has 2 nitrogen and oxygen atoms in total. The third kappa shape index (κ3) is 9.14. The molecule has 17 heavy (non-hydrogen) atoms. The molecule has 0 saturated heterocycles. The lowest BCUT2D eigenvalue weighted by molar-refractivity contribution is 0.614. The summed E-state index contributed by atoms with van der Waals surface area (Å²) in [5, 5.41) is 0. The zero-order chi connectivity index (χ0) is 13.8. The van der Waals surface area contributed by atoms with Gasteiger partial charge in [0.25, 0.3) is 0 Å². The maximum atomic E-state index is 10.7. The molecule has 1 aromatic rings. The van der Waals surface area contributed by atoms with Crippen LogP contribution in [0.2, 0.25) is 0 Å². The summed E-state index contributed by atoms with van der Waals surface area (Å²) in [6, 6.07) is 3.21. The van der Waals surface area contributed by atoms with Gasteiger partial charge in [0.05, 0.1) is 9.37 Å². The fourth-order valence-electron chi connectivity index (χ4n) is 0.657. The average molecular weight is 710 g/mol. The van der Waals surface area contributed by atoms with Crippen LogP contribution in [0.15, 0.2) is 30.4 Å². The molecule has 0 N–H and O–H groups in total. The van der Waals surface area contributed by atoms with E-state index in [1.54, 1.807) is 6.07 Å². The van der Waals surface area contributed by atoms with Crippen molar-refractivity contribution >= 4 is 122 Å². The minimum atomic E-state index is -2.54. The molecule has 0 fully saturated rings. The molecule has 1 rings (SSSR count). The van der Waals surface area contributed by atoms with Crippen molar-refractivity contribution in [3.63, 3.8) is 0 Å². The molecule has 0 atom stereocenters. The summed E-state index contributed by atoms with van der Waals surface area (Å²) in [4.78, 5) is 0.278. The van der Waals surface area contributed by atoms with Crippen LogP contribution in [0.25, 0.3) is 0 Å². The van der Waals surface area contributed by atoms with E-state index in [0.717, 1.165) is 4.47 Å². The highest BCUT2D eigenvalue weighted by molar-refractivity contribution is 9.52. The maximum Gasteiger partial charge on any atom is 0.189 e. The lowest BCUT2D eigenvalue weighted by atomic mass is 10.4. The van der Waals surface area contributed by atoms with Crippen LogP contribution in [0.4, 0.5) is 0 Å². The minimum Gasteiger partial charge on any atom is -0.227 e. The second-order valence-corrected chi connectivity index (χ2v) is 17.0. The van der Waals surface area contributed by atoms with Crippen LogP contribution in [0.1, 0.15) is 0 Å². The van der Waals surface area contributed by atoms with Crippen molar-refractivity contribution in [2.24, 2.45) is 0 Å². The average Bonchev–Trinajstić information content (AvgIpc) is 2.11. The van der Waals surface area contributed by atoms with Crippen molar-refractivity contribution in [1.29, 1.82) is 0 Å². The van der Waals surface area contributed by atoms with E-state index >= 15 is 0 Å². The van der Waals surface area contributed by atoms with Gasteiger partial charge in [0.15, 0.2) is 11.8 Å². The fraction of sp³-hybridized carbons (Fsp3) is 0.143. The molecule has 0 radical (unpaired) electrons. The van der Waals surface area contributed by atoms with Gasteiger partial charge in [-0.3, -0.25) is 0 Å². The Balaban J connectivity index is 0.000000437. The molecular formula is C7H3Br7O2S. The van der Waals surface area contributed by atoms with Crippen LogP contribution in [0.3, 0.4) is 0 Å². The molecule has 0 heterocycles. The SMILES string of the molecule is BrC(Br)(Br)Br.O=[SH](=O)c1ccc(Br)c(Br)c1Br. The number of alkyl halides is 4. The molecule has 0 saturated carbocycles. The molecule has 0 bridgehead atoms. The molecule has 0 aromatic heterocycles. The molecule has 0 spiro atoms. The van der Waals surface area contributed by atoms with Gasteiger partial charge < -0.3 is 0 Å². The lowest BCUT2D eigenvalue weighted by Gasteiger charge is -2.01. The van der Waals surface area contributed by atoms with Gasteiger partial charge >= 0.3 is 0 Å². The predicted molar refractivity (Wildman–Crippen MR) is 96.6 cm³/mol. The summed E-state index contributed by atoms with van der Waals surface area (Å²) in [6.45, 7) is 0. The summed E-state index contributed by atoms with van der Waals surface area (Å²) in [5.74, 6) is 0. The van der Waals surface area contributed by atoms with Crippen LogP contribution in [0, 0.1) is 0 Å². The Bertz CT molecular complexity index is 452. The highest BCUT2D eigenvalue weighted by Crippen LogP contribution is 2.39. The van der Waals surface area contributed by atoms with E-state index < -0.39 is 10.7 Å². The molecule has 0 aliphatic rings. The number of halogens is 7. The van der Waals surface area contributed by atoms with Crippen LogP contribution >= 0.6 is 112 Å². The quantitative estimate of drug-likeness (QED) is 0.217. The van der Waals surface area contributed by atoms with Gasteiger partial charge in [0.1, 0.15) is 0 Å². The van der Waals surface area contributed by atoms with E-state index in [1.807, 2.05) is 0 Å². The second kappa shape index (κ2) is 8.74. The molecule has 0 aliphatic carbocycles. The van der Waals surface area contributed by atoms with Crippen molar-refractivity contribution in [2.75, 3.05) is 0 Å². The third-order valence-electron chi connectivity index (χ3n) is 1.21. The zero-order valence-electron chi connectivity index (χ0n) is 7.56. The van der Waals surface area contributed by atoms with E-state index in [1.165, 1.54) is 6.07 Å². The van der Waals surface area contributed by atoms with Gasteiger partial charge in [0, 0.05) is 8.95 Å². The Labute approximate surface area is 160 Å². The Kier molecular flexibility index (Phi) is 10.0. The first-order chi connectivity index (χ1) is 7.54. The Hall–Kier alpha value is 2.53. The van der Waals surface area contributed by atoms with Crippen LogP contribution in [-0.4, -0.2) is 9.47 Å². The summed E-state index contributed by atoms with van der Waals surface area (Å²) < 4.78 is 23.1. The maximum absolute atomic E-state index is 10.7. The predicted octanol–water partition coefficient (Wildman–Crippen LogP) is 6.12. The Morgan fingerprint density at radius 1 is 0.882 bits per heavy atom. The van der Waals surface area contributed by atoms with E-state index in [9.17, 15) is 8.42 Å². The molecule has 1 aromatic carbocycles. The monoisotopic (exact) mass is 703 g/mol. The summed E-state index contributed by atoms with van der Waals surface area (Å²) >= 11 is 22.2. The van der Waals surface area contributed by atoms with Gasteiger partial charge in [-0.05, 0) is 124 Å². The van der Waals surface area contributed by atoms with E-state index in [0.29, 0.717) is 8.95 Å². The molecule has 0 amide bonds. The van der Waals surface area contributed by atoms with Gasteiger partial charge in [-0.15, -0.1) is 0 Å². The van der Waals surface area contributed by atoms with Crippen molar-refractivity contribution in [3.8, 4) is 0 Å². The minimum absolute atomic E-state index is 0.250. The number of rotatable bonds is 1. The molecule has 0 aliphatic heterocycles. The van der Waals surface area contributed by atoms with E-state index in [2.05, 4.69) is 112 Å². The first kappa shape index (κ1) is 19.5. The fourth-order valence-corrected chi connectivity index (χ4v) is 3.00. The Morgan fingerprint density at radius 3 is 1.65 bits per heavy atom. The summed E-state index contributed by atoms with van der Waals surface area (Å²) in [7, 11) is -2.54. The van der Waals surface area contributed by atoms with Gasteiger partial charge in [0.2, 0.25) is 0 Å². The van der Waals surface area contributed by atoms with Gasteiger partial charge in [-0.2, -0.15) is 0 Å². The molecular weight excluding hydrogens is 707 g/mol. The third-order valence-corrected chi connectivity index (χ3v) is 5.66. The van der Waals surface area contributed by atoms with Crippen molar-refractivity contribution < 1.29 is 8.42 Å². The largest absolute Gasteiger partial charge is 0.227 e. The standard InChI is InChI=1S/C6H3Br3O2S.CBr4/c7-3-1-2-4(12(10)11)6(9)5(3)8;2-1(3,4)5/h1-2,12H;. The second-order valence-electron chi connectivity index (χ2n) is 2.38. The zero-order valence-corrected chi connectivity index (χ0v) is 19.6. The number of hydrogen-bond donors (Lipinski definition) is 1. The smallest absolute Gasteiger partial charge is 0.189 e. The van der Waals surface area contributed by atoms with Crippen LogP contribution < -0.4 is 0 Å². The number of hydrogen-bond acceptors (Lipinski definition) is 2. The topological polar surface area (TPSA) is 34.1 Å². The van der Waals surface area contributed by atoms with Crippen LogP contribution in [0.5, 0.6) is 0 Å². The van der Waals surface area contributed by atoms with E-state index in [-0.39, 0.29) is 5.95 Å². The van der Waals surface area contributed by atoms with Crippen LogP contribution in [-0.2, 0) is 10.7 Å². The normalized spacial score (nSPS) is 11.1. The van der Waals surface area contributed by atoms with Crippen molar-refractivity contribution in [2.45, 2.75) is 5.95 Å². The van der Waals surface area contributed by atoms with Crippen molar-refractivity contribution in [3.05, 3.63) is 25.6 Å². The van der Waals surface area contributed by atoms with E-state index in [4.69, 9.17) is 0 Å². The lowest BCUT2D eigenvalue weighted by Crippen LogP contribution is -1.84. The van der Waals surface area contributed by atoms with Gasteiger partial charge in [-0.25, -0.2) is 8.42 Å². The van der Waals surface area contributed by atoms with Gasteiger partial charge in [-0.1, -0.05) is 0 Å². The molecule has 10 heteroatoms. The molecule has 98 valence electrons. The number of thiol groups is 1. The Morgan fingerprint density at radius 2 is 1.29 bits per heavy atom. The highest BCUT2D eigenvalue weighted by Gasteiger charge is 2.08. The first-order valence-corrected chi connectivity index (χ1v) is 10.3. The first-order valence-electron chi connectivity index (χ1n) is 3.57. The van der Waals surface area contributed by atoms with Crippen molar-refractivity contribution in [1.82, 2.24) is 0 Å². The summed E-state index contributed by atoms with van der Waals surface area (Å²) in [6.07, 6.45) is 0.